The first-order valence-corrected chi connectivity index (χ1v) is 14.4. The van der Waals surface area contributed by atoms with Gasteiger partial charge >= 0.3 is 0 Å². The van der Waals surface area contributed by atoms with Gasteiger partial charge in [-0.25, -0.2) is 17.2 Å². The zero-order valence-corrected chi connectivity index (χ0v) is 23.3. The third-order valence-corrected chi connectivity index (χ3v) is 7.38. The summed E-state index contributed by atoms with van der Waals surface area (Å²) in [6.07, 6.45) is 0.993. The molecule has 3 aromatic rings. The summed E-state index contributed by atoms with van der Waals surface area (Å²) in [4.78, 5) is 28.6. The molecule has 0 saturated heterocycles. The lowest BCUT2D eigenvalue weighted by Gasteiger charge is -2.34. The molecule has 0 aliphatic carbocycles. The molecule has 0 radical (unpaired) electrons. The lowest BCUT2D eigenvalue weighted by atomic mass is 10.0. The normalized spacial score (nSPS) is 12.2. The fraction of sp³-hybridized carbons (Fsp3) is 0.286. The molecule has 39 heavy (non-hydrogen) atoms. The number of carbonyl (C=O) groups is 2. The molecule has 0 aliphatic heterocycles. The lowest BCUT2D eigenvalue weighted by Crippen LogP contribution is -2.54. The molecule has 1 unspecified atom stereocenters. The lowest BCUT2D eigenvalue weighted by molar-refractivity contribution is -0.140. The Bertz CT molecular complexity index is 1420. The number of benzene rings is 3. The van der Waals surface area contributed by atoms with Crippen LogP contribution < -0.4 is 9.62 Å². The number of halogens is 3. The molecule has 3 aromatic carbocycles. The van der Waals surface area contributed by atoms with E-state index in [2.05, 4.69) is 5.32 Å². The Morgan fingerprint density at radius 1 is 0.949 bits per heavy atom. The zero-order chi connectivity index (χ0) is 28.7. The van der Waals surface area contributed by atoms with Gasteiger partial charge in [-0.15, -0.1) is 0 Å². The molecule has 0 heterocycles. The zero-order valence-electron chi connectivity index (χ0n) is 21.8. The van der Waals surface area contributed by atoms with Crippen LogP contribution in [0.4, 0.5) is 14.5 Å². The molecule has 0 aromatic heterocycles. The van der Waals surface area contributed by atoms with E-state index in [0.29, 0.717) is 21.0 Å². The van der Waals surface area contributed by atoms with E-state index >= 15 is 0 Å². The number of amides is 2. The first-order chi connectivity index (χ1) is 18.4. The van der Waals surface area contributed by atoms with E-state index in [1.807, 2.05) is 18.2 Å². The smallest absolute Gasteiger partial charge is 0.244 e. The molecule has 0 fully saturated rings. The van der Waals surface area contributed by atoms with Crippen LogP contribution in [0.3, 0.4) is 0 Å². The van der Waals surface area contributed by atoms with E-state index in [1.165, 1.54) is 4.90 Å². The minimum absolute atomic E-state index is 0.100. The van der Waals surface area contributed by atoms with Gasteiger partial charge in [0.1, 0.15) is 12.6 Å². The summed E-state index contributed by atoms with van der Waals surface area (Å²) in [6.45, 7) is 2.71. The number of nitrogens with one attached hydrogen (secondary N) is 1. The van der Waals surface area contributed by atoms with E-state index in [0.717, 1.165) is 24.0 Å². The van der Waals surface area contributed by atoms with Crippen LogP contribution in [-0.4, -0.2) is 50.0 Å². The highest BCUT2D eigenvalue weighted by Crippen LogP contribution is 2.24. The second-order valence-corrected chi connectivity index (χ2v) is 11.7. The Hall–Kier alpha value is -3.50. The van der Waals surface area contributed by atoms with Gasteiger partial charge in [-0.05, 0) is 43.2 Å². The quantitative estimate of drug-likeness (QED) is 0.362. The first-order valence-electron chi connectivity index (χ1n) is 12.2. The SMILES string of the molecule is CC(C)NC(=O)C(Cc1ccccc1)N(Cc1ccccc1Cl)C(=O)CN(c1ccc(F)c(F)c1)S(C)(=O)=O. The van der Waals surface area contributed by atoms with Gasteiger partial charge in [0, 0.05) is 30.1 Å². The van der Waals surface area contributed by atoms with Crippen LogP contribution in [0.1, 0.15) is 25.0 Å². The maximum atomic E-state index is 14.0. The van der Waals surface area contributed by atoms with Crippen molar-refractivity contribution in [3.05, 3.63) is 101 Å². The van der Waals surface area contributed by atoms with Crippen LogP contribution in [0, 0.1) is 11.6 Å². The van der Waals surface area contributed by atoms with Gasteiger partial charge in [0.05, 0.1) is 11.9 Å². The molecular weight excluding hydrogens is 548 g/mol. The average molecular weight is 578 g/mol. The first kappa shape index (κ1) is 30.0. The van der Waals surface area contributed by atoms with Gasteiger partial charge in [0.2, 0.25) is 21.8 Å². The summed E-state index contributed by atoms with van der Waals surface area (Å²) < 4.78 is 53.6. The molecule has 11 heteroatoms. The summed E-state index contributed by atoms with van der Waals surface area (Å²) in [6, 6.07) is 17.2. The minimum Gasteiger partial charge on any atom is -0.352 e. The van der Waals surface area contributed by atoms with Crippen molar-refractivity contribution in [2.75, 3.05) is 17.1 Å². The van der Waals surface area contributed by atoms with Crippen molar-refractivity contribution >= 4 is 39.1 Å². The summed E-state index contributed by atoms with van der Waals surface area (Å²) in [5.41, 5.74) is 1.09. The third-order valence-electron chi connectivity index (χ3n) is 5.87. The number of sulfonamides is 1. The van der Waals surface area contributed by atoms with Gasteiger partial charge in [-0.1, -0.05) is 60.1 Å². The maximum absolute atomic E-state index is 14.0. The predicted molar refractivity (Wildman–Crippen MR) is 148 cm³/mol. The fourth-order valence-electron chi connectivity index (χ4n) is 4.00. The van der Waals surface area contributed by atoms with Crippen molar-refractivity contribution in [1.82, 2.24) is 10.2 Å². The number of hydrogen-bond donors (Lipinski definition) is 1. The second-order valence-electron chi connectivity index (χ2n) is 9.35. The number of nitrogens with zero attached hydrogens (tertiary/aromatic N) is 2. The Kier molecular flexibility index (Phi) is 10.0. The highest BCUT2D eigenvalue weighted by atomic mass is 35.5. The molecule has 0 spiro atoms. The van der Waals surface area contributed by atoms with E-state index < -0.39 is 46.1 Å². The van der Waals surface area contributed by atoms with E-state index in [-0.39, 0.29) is 24.7 Å². The molecule has 0 aliphatic rings. The van der Waals surface area contributed by atoms with Gasteiger partial charge < -0.3 is 10.2 Å². The number of carbonyl (C=O) groups excluding carboxylic acids is 2. The summed E-state index contributed by atoms with van der Waals surface area (Å²) in [7, 11) is -4.11. The van der Waals surface area contributed by atoms with Gasteiger partial charge in [-0.3, -0.25) is 13.9 Å². The summed E-state index contributed by atoms with van der Waals surface area (Å²) in [5.74, 6) is -3.59. The number of anilines is 1. The monoisotopic (exact) mass is 577 g/mol. The molecule has 3 rings (SSSR count). The molecule has 208 valence electrons. The highest BCUT2D eigenvalue weighted by molar-refractivity contribution is 7.92. The molecule has 0 bridgehead atoms. The Morgan fingerprint density at radius 3 is 2.18 bits per heavy atom. The standard InChI is InChI=1S/C28H30ClF2N3O4S/c1-19(2)32-28(36)26(15-20-9-5-4-6-10-20)33(17-21-11-7-8-12-23(21)29)27(35)18-34(39(3,37)38)22-13-14-24(30)25(31)16-22/h4-14,16,19,26H,15,17-18H2,1-3H3,(H,32,36). The van der Waals surface area contributed by atoms with Crippen LogP contribution in [0.15, 0.2) is 72.8 Å². The molecular formula is C28H30ClF2N3O4S. The summed E-state index contributed by atoms with van der Waals surface area (Å²) >= 11 is 6.39. The Labute approximate surface area is 232 Å². The van der Waals surface area contributed by atoms with Crippen LogP contribution >= 0.6 is 11.6 Å². The maximum Gasteiger partial charge on any atom is 0.244 e. The van der Waals surface area contributed by atoms with Crippen molar-refractivity contribution in [2.24, 2.45) is 0 Å². The fourth-order valence-corrected chi connectivity index (χ4v) is 5.04. The number of rotatable bonds is 11. The highest BCUT2D eigenvalue weighted by Gasteiger charge is 2.33. The van der Waals surface area contributed by atoms with E-state index in [9.17, 15) is 26.8 Å². The van der Waals surface area contributed by atoms with E-state index in [1.54, 1.807) is 50.2 Å². The topological polar surface area (TPSA) is 86.8 Å². The predicted octanol–water partition coefficient (Wildman–Crippen LogP) is 4.55. The number of hydrogen-bond acceptors (Lipinski definition) is 4. The molecule has 0 saturated carbocycles. The van der Waals surface area contributed by atoms with Crippen molar-refractivity contribution < 1.29 is 26.8 Å². The third kappa shape index (κ3) is 8.24. The van der Waals surface area contributed by atoms with Crippen LogP contribution in [0.5, 0.6) is 0 Å². The van der Waals surface area contributed by atoms with Gasteiger partial charge in [-0.2, -0.15) is 0 Å². The van der Waals surface area contributed by atoms with Crippen LogP contribution in [0.25, 0.3) is 0 Å². The van der Waals surface area contributed by atoms with E-state index in [4.69, 9.17) is 11.6 Å². The Morgan fingerprint density at radius 2 is 1.59 bits per heavy atom. The second kappa shape index (κ2) is 13.0. The molecule has 1 N–H and O–H groups in total. The molecule has 7 nitrogen and oxygen atoms in total. The van der Waals surface area contributed by atoms with Crippen molar-refractivity contribution in [1.29, 1.82) is 0 Å². The van der Waals surface area contributed by atoms with Crippen molar-refractivity contribution in [3.8, 4) is 0 Å². The summed E-state index contributed by atoms with van der Waals surface area (Å²) in [5, 5.41) is 3.20. The van der Waals surface area contributed by atoms with Gasteiger partial charge in [0.25, 0.3) is 0 Å². The molecule has 1 atom stereocenters. The van der Waals surface area contributed by atoms with Crippen molar-refractivity contribution in [3.63, 3.8) is 0 Å². The largest absolute Gasteiger partial charge is 0.352 e. The van der Waals surface area contributed by atoms with Crippen LogP contribution in [-0.2, 0) is 32.6 Å². The van der Waals surface area contributed by atoms with Crippen molar-refractivity contribution in [2.45, 2.75) is 38.9 Å². The van der Waals surface area contributed by atoms with Gasteiger partial charge in [0.15, 0.2) is 11.6 Å². The Balaban J connectivity index is 2.08. The average Bonchev–Trinajstić information content (AvgIpc) is 2.87. The minimum atomic E-state index is -4.11. The van der Waals surface area contributed by atoms with Crippen LogP contribution in [0.2, 0.25) is 5.02 Å². The molecule has 2 amide bonds.